The van der Waals surface area contributed by atoms with Crippen LogP contribution >= 0.6 is 15.9 Å². The number of amides is 1. The second kappa shape index (κ2) is 8.21. The number of nitrogens with one attached hydrogen (secondary N) is 1. The molecule has 0 spiro atoms. The second-order valence-corrected chi connectivity index (χ2v) is 7.91. The van der Waals surface area contributed by atoms with Crippen LogP contribution in [0.25, 0.3) is 0 Å². The quantitative estimate of drug-likeness (QED) is 0.568. The van der Waals surface area contributed by atoms with Gasteiger partial charge in [0.2, 0.25) is 10.0 Å². The minimum absolute atomic E-state index is 0.191. The molecule has 0 heterocycles. The van der Waals surface area contributed by atoms with Crippen LogP contribution in [0.15, 0.2) is 58.1 Å². The predicted molar refractivity (Wildman–Crippen MR) is 98.5 cm³/mol. The molecule has 25 heavy (non-hydrogen) atoms. The third-order valence-corrected chi connectivity index (χ3v) is 4.74. The Morgan fingerprint density at radius 1 is 1.20 bits per heavy atom. The summed E-state index contributed by atoms with van der Waals surface area (Å²) in [5.74, 6) is -1.12. The molecule has 1 amide bonds. The average molecular weight is 428 g/mol. The zero-order valence-electron chi connectivity index (χ0n) is 13.2. The summed E-state index contributed by atoms with van der Waals surface area (Å²) in [6, 6.07) is 12.0. The maximum atomic E-state index is 13.0. The fourth-order valence-corrected chi connectivity index (χ4v) is 3.02. The minimum atomic E-state index is -3.71. The number of nitrogens with zero attached hydrogens (tertiary/aromatic N) is 2. The number of carbonyl (C=O) groups excluding carboxylic acids is 1. The topological polar surface area (TPSA) is 78.8 Å². The lowest BCUT2D eigenvalue weighted by molar-refractivity contribution is -0.119. The molecule has 0 aromatic heterocycles. The summed E-state index contributed by atoms with van der Waals surface area (Å²) in [7, 11) is -3.71. The van der Waals surface area contributed by atoms with E-state index in [1.54, 1.807) is 12.1 Å². The van der Waals surface area contributed by atoms with Crippen LogP contribution in [0.4, 0.5) is 10.1 Å². The zero-order chi connectivity index (χ0) is 18.4. The lowest BCUT2D eigenvalue weighted by Gasteiger charge is -2.21. The Labute approximate surface area is 153 Å². The fourth-order valence-electron chi connectivity index (χ4n) is 1.90. The van der Waals surface area contributed by atoms with E-state index in [0.29, 0.717) is 0 Å². The molecule has 2 aromatic carbocycles. The van der Waals surface area contributed by atoms with Gasteiger partial charge in [-0.1, -0.05) is 28.1 Å². The number of anilines is 1. The van der Waals surface area contributed by atoms with Crippen molar-refractivity contribution >= 4 is 43.8 Å². The summed E-state index contributed by atoms with van der Waals surface area (Å²) in [6.07, 6.45) is 2.40. The predicted octanol–water partition coefficient (Wildman–Crippen LogP) is 2.50. The largest absolute Gasteiger partial charge is 0.271 e. The Kier molecular flexibility index (Phi) is 6.27. The molecule has 0 saturated carbocycles. The second-order valence-electron chi connectivity index (χ2n) is 5.09. The smallest absolute Gasteiger partial charge is 0.260 e. The van der Waals surface area contributed by atoms with E-state index in [1.165, 1.54) is 18.3 Å². The molecule has 0 bridgehead atoms. The molecule has 0 fully saturated rings. The Morgan fingerprint density at radius 3 is 2.36 bits per heavy atom. The summed E-state index contributed by atoms with van der Waals surface area (Å²) in [5, 5.41) is 3.79. The first-order valence-electron chi connectivity index (χ1n) is 7.06. The first-order chi connectivity index (χ1) is 11.8. The molecule has 0 saturated heterocycles. The number of hydrogen-bond acceptors (Lipinski definition) is 4. The van der Waals surface area contributed by atoms with Gasteiger partial charge < -0.3 is 0 Å². The zero-order valence-corrected chi connectivity index (χ0v) is 15.6. The standard InChI is InChI=1S/C16H15BrFN3O3S/c1-25(23,24)21(15-8-6-14(18)7-9-15)11-16(22)20-19-10-12-2-4-13(17)5-3-12/h2-10H,11H2,1H3,(H,20,22)/b19-10-. The SMILES string of the molecule is CS(=O)(=O)N(CC(=O)N/N=C\c1ccc(Br)cc1)c1ccc(F)cc1. The number of halogens is 2. The first kappa shape index (κ1) is 19.1. The summed E-state index contributed by atoms with van der Waals surface area (Å²) in [4.78, 5) is 12.0. The third kappa shape index (κ3) is 5.95. The number of hydrazone groups is 1. The van der Waals surface area contributed by atoms with Gasteiger partial charge in [-0.3, -0.25) is 9.10 Å². The van der Waals surface area contributed by atoms with E-state index in [1.807, 2.05) is 12.1 Å². The van der Waals surface area contributed by atoms with Gasteiger partial charge in [0.25, 0.3) is 5.91 Å². The van der Waals surface area contributed by atoms with Gasteiger partial charge in [0.05, 0.1) is 18.2 Å². The van der Waals surface area contributed by atoms with Gasteiger partial charge in [0.1, 0.15) is 12.4 Å². The molecular weight excluding hydrogens is 413 g/mol. The molecule has 1 N–H and O–H groups in total. The number of carbonyl (C=O) groups is 1. The van der Waals surface area contributed by atoms with E-state index in [2.05, 4.69) is 26.5 Å². The molecule has 2 aromatic rings. The van der Waals surface area contributed by atoms with Gasteiger partial charge in [-0.15, -0.1) is 0 Å². The van der Waals surface area contributed by atoms with Crippen LogP contribution in [-0.4, -0.2) is 33.3 Å². The van der Waals surface area contributed by atoms with Crippen LogP contribution in [0.1, 0.15) is 5.56 Å². The maximum Gasteiger partial charge on any atom is 0.260 e. The van der Waals surface area contributed by atoms with E-state index < -0.39 is 28.3 Å². The molecule has 9 heteroatoms. The van der Waals surface area contributed by atoms with Gasteiger partial charge in [-0.05, 0) is 42.0 Å². The summed E-state index contributed by atoms with van der Waals surface area (Å²) < 4.78 is 38.6. The minimum Gasteiger partial charge on any atom is -0.271 e. The highest BCUT2D eigenvalue weighted by atomic mass is 79.9. The third-order valence-electron chi connectivity index (χ3n) is 3.08. The van der Waals surface area contributed by atoms with E-state index in [4.69, 9.17) is 0 Å². The van der Waals surface area contributed by atoms with E-state index >= 15 is 0 Å². The normalized spacial score (nSPS) is 11.5. The van der Waals surface area contributed by atoms with Crippen LogP contribution in [-0.2, 0) is 14.8 Å². The van der Waals surface area contributed by atoms with E-state index in [-0.39, 0.29) is 5.69 Å². The molecule has 2 rings (SSSR count). The molecule has 6 nitrogen and oxygen atoms in total. The van der Waals surface area contributed by atoms with Gasteiger partial charge in [0, 0.05) is 4.47 Å². The van der Waals surface area contributed by atoms with Gasteiger partial charge >= 0.3 is 0 Å². The molecule has 0 unspecified atom stereocenters. The van der Waals surface area contributed by atoms with Crippen LogP contribution in [0.2, 0.25) is 0 Å². The van der Waals surface area contributed by atoms with E-state index in [9.17, 15) is 17.6 Å². The van der Waals surface area contributed by atoms with Crippen molar-refractivity contribution in [2.45, 2.75) is 0 Å². The highest BCUT2D eigenvalue weighted by Crippen LogP contribution is 2.17. The Hall–Kier alpha value is -2.26. The molecule has 0 radical (unpaired) electrons. The molecule has 132 valence electrons. The van der Waals surface area contributed by atoms with Crippen molar-refractivity contribution in [3.63, 3.8) is 0 Å². The molecule has 0 atom stereocenters. The molecule has 0 aliphatic carbocycles. The van der Waals surface area contributed by atoms with Crippen LogP contribution in [0, 0.1) is 5.82 Å². The molecular formula is C16H15BrFN3O3S. The van der Waals surface area contributed by atoms with Crippen molar-refractivity contribution in [1.29, 1.82) is 0 Å². The van der Waals surface area contributed by atoms with Crippen LogP contribution < -0.4 is 9.73 Å². The lowest BCUT2D eigenvalue weighted by atomic mass is 10.2. The number of hydrogen-bond donors (Lipinski definition) is 1. The van der Waals surface area contributed by atoms with Crippen molar-refractivity contribution < 1.29 is 17.6 Å². The maximum absolute atomic E-state index is 13.0. The number of sulfonamides is 1. The van der Waals surface area contributed by atoms with E-state index in [0.717, 1.165) is 32.7 Å². The van der Waals surface area contributed by atoms with Crippen LogP contribution in [0.5, 0.6) is 0 Å². The highest BCUT2D eigenvalue weighted by Gasteiger charge is 2.20. The highest BCUT2D eigenvalue weighted by molar-refractivity contribution is 9.10. The average Bonchev–Trinajstić information content (AvgIpc) is 2.54. The summed E-state index contributed by atoms with van der Waals surface area (Å²) in [5.41, 5.74) is 3.22. The van der Waals surface area contributed by atoms with Gasteiger partial charge in [-0.2, -0.15) is 5.10 Å². The Balaban J connectivity index is 2.04. The molecule has 0 aliphatic heterocycles. The number of rotatable bonds is 6. The summed E-state index contributed by atoms with van der Waals surface area (Å²) >= 11 is 3.31. The first-order valence-corrected chi connectivity index (χ1v) is 9.70. The van der Waals surface area contributed by atoms with Crippen molar-refractivity contribution in [2.75, 3.05) is 17.1 Å². The Bertz CT molecular complexity index is 869. The van der Waals surface area contributed by atoms with Crippen molar-refractivity contribution in [2.24, 2.45) is 5.10 Å². The van der Waals surface area contributed by atoms with Crippen molar-refractivity contribution in [3.05, 3.63) is 64.4 Å². The van der Waals surface area contributed by atoms with Gasteiger partial charge in [-0.25, -0.2) is 18.2 Å². The Morgan fingerprint density at radius 2 is 1.80 bits per heavy atom. The van der Waals surface area contributed by atoms with Crippen molar-refractivity contribution in [3.8, 4) is 0 Å². The van der Waals surface area contributed by atoms with Gasteiger partial charge in [0.15, 0.2) is 0 Å². The van der Waals surface area contributed by atoms with Crippen LogP contribution in [0.3, 0.4) is 0 Å². The molecule has 0 aliphatic rings. The number of benzene rings is 2. The summed E-state index contributed by atoms with van der Waals surface area (Å²) in [6.45, 7) is -0.470. The van der Waals surface area contributed by atoms with Crippen molar-refractivity contribution in [1.82, 2.24) is 5.43 Å². The fraction of sp³-hybridized carbons (Fsp3) is 0.125. The monoisotopic (exact) mass is 427 g/mol. The lowest BCUT2D eigenvalue weighted by Crippen LogP contribution is -2.39.